The van der Waals surface area contributed by atoms with E-state index in [0.29, 0.717) is 86.0 Å². The number of nitrogen functional groups attached to an aromatic ring is 1. The molecule has 16 aliphatic rings. The molecule has 0 bridgehead atoms. The predicted octanol–water partition coefficient (Wildman–Crippen LogP) is 9.01. The van der Waals surface area contributed by atoms with Crippen molar-refractivity contribution in [3.8, 4) is 11.5 Å². The van der Waals surface area contributed by atoms with Crippen molar-refractivity contribution in [2.24, 2.45) is 70.0 Å². The minimum Gasteiger partial charge on any atom is -0.459 e. The highest BCUT2D eigenvalue weighted by atomic mass is 16.7. The van der Waals surface area contributed by atoms with E-state index in [1.54, 1.807) is 36.4 Å². The second-order valence-corrected chi connectivity index (χ2v) is 36.5. The van der Waals surface area contributed by atoms with E-state index in [1.807, 2.05) is 55.4 Å². The van der Waals surface area contributed by atoms with Gasteiger partial charge in [0.15, 0.2) is 12.2 Å². The van der Waals surface area contributed by atoms with Gasteiger partial charge in [-0.3, -0.25) is 24.2 Å². The highest BCUT2D eigenvalue weighted by molar-refractivity contribution is 5.94. The van der Waals surface area contributed by atoms with Crippen LogP contribution in [0.25, 0.3) is 0 Å². The molecular weight excluding hydrogens is 1580 g/mol. The molecule has 2 aromatic rings. The van der Waals surface area contributed by atoms with Crippen molar-refractivity contribution >= 4 is 65.6 Å². The fraction of sp³-hybridized carbons (Fsp3) is 0.716. The number of rotatable bonds is 23. The molecule has 33 heteroatoms. The quantitative estimate of drug-likeness (QED) is 0.0344. The lowest BCUT2D eigenvalue weighted by Gasteiger charge is -2.54. The molecule has 8 saturated heterocycles. The molecule has 660 valence electrons. The summed E-state index contributed by atoms with van der Waals surface area (Å²) in [6.45, 7) is 34.8. The van der Waals surface area contributed by atoms with Gasteiger partial charge in [-0.05, 0) is 130 Å². The van der Waals surface area contributed by atoms with Crippen LogP contribution >= 0.6 is 0 Å². The zero-order valence-corrected chi connectivity index (χ0v) is 71.7. The first-order chi connectivity index (χ1) is 57.6. The number of amides is 3. The Balaban J connectivity index is 0.000000177. The SMILES string of the molecule is CCCC(=O)Nc1cc(COC(=O)N(CC)CO[C@H]2C3[C@H]4O[C@H]4[C@H]4C5=C(CC[C@]4(C)[C@@]34O[C@H]4[C@@H]3O[C@]23C(C)C)C(=O)OC5)ccc1O[C@@H]1OC(C)[C@@H](C)[C@H](C)C1OC(C)=O.CCN(CO[C@H]1C2[C@H]3O[C@H]3[C@H]3C4=C(CC[C@]3(C)[C@@]23O[C@H]3[C@@H]2O[C@]12C(C)C)C(=O)OC4)C(=O)OCc1ccc(O[C@@H]2OC(C)[C@@H](C)[C@H](C)C2OC(C)=O)c(N)c1.O=C=O.O=C=O. The summed E-state index contributed by atoms with van der Waals surface area (Å²) in [6, 6.07) is 10.3. The number of hydrogen-bond donors (Lipinski definition) is 2. The molecule has 2 spiro atoms. The standard InChI is InChI=1S/C45H60N2O13.C41H54N2O12.2CO2/c1-10-12-31(49)46-29-17-26(13-14-30(29)57-41-34(56-25(8)48)23(6)22(5)24(7)55-41)18-53-42(51)47(11-2)20-54-37-33-36-35(58-36)32-28-19-52-40(50)27(28)15-16-43(32,9)45(33)39(60-45)38-44(37,59-38)21(3)4;1-9-43(38(46)48-15-23-10-11-27(26(42)14-23)52-37-30(51-22(7)44)20(5)19(4)21(6)50-37)17-49-33-29-32-31(53-32)28-25-16-47-36(45)24(25)12-13-39(28,8)41(29)35(55-41)34-40(33,54-34)18(2)3;2*2-1-3/h13-14,17,21-24,32-39,41H,10-12,15-16,18-20H2,1-9H3,(H,46,49);10-11,14,18-21,28-35,37H,9,12-13,15-17,42H2,1-8H3;;/t22-,23-,24?,32+,33?,34?,35-,36+,37-,38-,39-,41-,43-,44+,45+;19-,20-,21?,28+,29?,30?,31-,32+,33-,34-,35-,37-,39-,40+,41+;;/m00../s1. The van der Waals surface area contributed by atoms with E-state index in [0.717, 1.165) is 35.1 Å². The van der Waals surface area contributed by atoms with Gasteiger partial charge in [0.25, 0.3) is 0 Å². The van der Waals surface area contributed by atoms with Gasteiger partial charge in [0.2, 0.25) is 18.5 Å². The van der Waals surface area contributed by atoms with E-state index < -0.39 is 77.4 Å². The van der Waals surface area contributed by atoms with E-state index in [9.17, 15) is 33.6 Å². The number of cyclic esters (lactones) is 2. The lowest BCUT2D eigenvalue weighted by Crippen LogP contribution is -2.66. The number of fused-ring (bicyclic) bond motifs is 14. The number of nitrogens with zero attached hydrogens (tertiary/aromatic N) is 2. The molecule has 6 aliphatic carbocycles. The summed E-state index contributed by atoms with van der Waals surface area (Å²) in [5, 5.41) is 2.94. The first kappa shape index (κ1) is 87.5. The van der Waals surface area contributed by atoms with E-state index in [2.05, 4.69) is 53.8 Å². The molecule has 18 rings (SSSR count). The summed E-state index contributed by atoms with van der Waals surface area (Å²) in [6.07, 6.45) is -1.57. The van der Waals surface area contributed by atoms with Crippen LogP contribution < -0.4 is 20.5 Å². The van der Waals surface area contributed by atoms with Gasteiger partial charge in [-0.2, -0.15) is 19.2 Å². The maximum Gasteiger partial charge on any atom is 0.411 e. The molecule has 10 heterocycles. The fourth-order valence-electron chi connectivity index (χ4n) is 23.1. The molecular formula is C88H114N4O29. The first-order valence-corrected chi connectivity index (χ1v) is 42.8. The Bertz CT molecular complexity index is 4530. The number of nitrogens with two attached hydrogens (primary N) is 1. The number of epoxide rings is 6. The molecule has 121 heavy (non-hydrogen) atoms. The van der Waals surface area contributed by atoms with Gasteiger partial charge in [0.05, 0.1) is 60.2 Å². The van der Waals surface area contributed by atoms with E-state index >= 15 is 0 Å². The summed E-state index contributed by atoms with van der Waals surface area (Å²) in [4.78, 5) is 125. The van der Waals surface area contributed by atoms with Gasteiger partial charge in [0, 0.05) is 90.8 Å². The van der Waals surface area contributed by atoms with Crippen LogP contribution in [0.3, 0.4) is 0 Å². The Morgan fingerprint density at radius 1 is 0.562 bits per heavy atom. The summed E-state index contributed by atoms with van der Waals surface area (Å²) in [5.74, 6) is -0.396. The van der Waals surface area contributed by atoms with Crippen LogP contribution in [-0.2, 0) is 132 Å². The minimum absolute atomic E-state index is 0.00566. The van der Waals surface area contributed by atoms with Crippen molar-refractivity contribution in [3.63, 3.8) is 0 Å². The Morgan fingerprint density at radius 2 is 0.975 bits per heavy atom. The van der Waals surface area contributed by atoms with Crippen molar-refractivity contribution < 1.29 is 138 Å². The summed E-state index contributed by atoms with van der Waals surface area (Å²) < 4.78 is 113. The number of carbonyl (C=O) groups excluding carboxylic acids is 11. The highest BCUT2D eigenvalue weighted by Crippen LogP contribution is 2.82. The number of ether oxygens (including phenoxy) is 18. The summed E-state index contributed by atoms with van der Waals surface area (Å²) >= 11 is 0. The molecule has 2 aromatic carbocycles. The van der Waals surface area contributed by atoms with Crippen LogP contribution in [-0.4, -0.2) is 224 Å². The fourth-order valence-corrected chi connectivity index (χ4v) is 23.1. The molecule has 0 radical (unpaired) electrons. The number of anilines is 2. The van der Waals surface area contributed by atoms with E-state index in [4.69, 9.17) is 110 Å². The van der Waals surface area contributed by atoms with E-state index in [1.165, 1.54) is 23.6 Å². The third kappa shape index (κ3) is 14.4. The van der Waals surface area contributed by atoms with Crippen LogP contribution in [0, 0.1) is 70.0 Å². The molecule has 30 atom stereocenters. The van der Waals surface area contributed by atoms with Gasteiger partial charge in [0.1, 0.15) is 98.2 Å². The largest absolute Gasteiger partial charge is 0.459 e. The maximum absolute atomic E-state index is 13.8. The van der Waals surface area contributed by atoms with Crippen molar-refractivity contribution in [3.05, 3.63) is 69.8 Å². The van der Waals surface area contributed by atoms with Crippen molar-refractivity contribution in [1.29, 1.82) is 0 Å². The first-order valence-electron chi connectivity index (χ1n) is 42.8. The monoisotopic (exact) mass is 1690 g/mol. The third-order valence-electron chi connectivity index (χ3n) is 30.1. The van der Waals surface area contributed by atoms with Gasteiger partial charge < -0.3 is 96.3 Å². The van der Waals surface area contributed by atoms with Crippen LogP contribution in [0.2, 0.25) is 0 Å². The minimum atomic E-state index is -0.906. The molecule has 3 amide bonds. The number of esters is 4. The van der Waals surface area contributed by atoms with Crippen molar-refractivity contribution in [2.75, 3.05) is 50.8 Å². The number of hydrogen-bond acceptors (Lipinski definition) is 30. The smallest absolute Gasteiger partial charge is 0.411 e. The van der Waals surface area contributed by atoms with Crippen LogP contribution in [0.5, 0.6) is 11.5 Å². The molecule has 6 unspecified atom stereocenters. The molecule has 3 N–H and O–H groups in total. The summed E-state index contributed by atoms with van der Waals surface area (Å²) in [5.41, 5.74) is 9.42. The second kappa shape index (κ2) is 32.9. The zero-order valence-electron chi connectivity index (χ0n) is 71.7. The van der Waals surface area contributed by atoms with Crippen LogP contribution in [0.1, 0.15) is 167 Å². The topological polar surface area (TPSA) is 418 Å². The van der Waals surface area contributed by atoms with Gasteiger partial charge >= 0.3 is 48.4 Å². The lowest BCUT2D eigenvalue weighted by molar-refractivity contribution is -0.242. The number of carbonyl (C=O) groups is 7. The van der Waals surface area contributed by atoms with Crippen LogP contribution in [0.4, 0.5) is 21.0 Å². The normalized spacial score (nSPS) is 40.7. The number of nitrogens with one attached hydrogen (secondary N) is 1. The Hall–Kier alpha value is -8.43. The molecule has 33 nitrogen and oxygen atoms in total. The average molecular weight is 1690 g/mol. The van der Waals surface area contributed by atoms with Crippen molar-refractivity contribution in [1.82, 2.24) is 9.80 Å². The molecule has 4 saturated carbocycles. The second-order valence-electron chi connectivity index (χ2n) is 36.5. The highest BCUT2D eigenvalue weighted by Gasteiger charge is 2.95. The Labute approximate surface area is 702 Å². The van der Waals surface area contributed by atoms with E-state index in [-0.39, 0.29) is 194 Å². The Morgan fingerprint density at radius 3 is 1.37 bits per heavy atom. The van der Waals surface area contributed by atoms with Gasteiger partial charge in [-0.1, -0.05) is 88.3 Å². The Kier molecular flexibility index (Phi) is 23.8. The number of benzene rings is 2. The van der Waals surface area contributed by atoms with Crippen molar-refractivity contribution in [2.45, 2.75) is 290 Å². The molecule has 12 fully saturated rings. The van der Waals surface area contributed by atoms with Crippen LogP contribution in [0.15, 0.2) is 58.7 Å². The summed E-state index contributed by atoms with van der Waals surface area (Å²) in [7, 11) is 0. The third-order valence-corrected chi connectivity index (χ3v) is 30.1. The average Bonchev–Trinajstić information content (AvgIpc) is 1.44. The predicted molar refractivity (Wildman–Crippen MR) is 415 cm³/mol. The maximum atomic E-state index is 13.8. The molecule has 10 aliphatic heterocycles. The lowest BCUT2D eigenvalue weighted by atomic mass is 9.47. The molecule has 0 aromatic heterocycles. The van der Waals surface area contributed by atoms with Gasteiger partial charge in [-0.15, -0.1) is 0 Å². The zero-order chi connectivity index (χ0) is 87.0. The van der Waals surface area contributed by atoms with Gasteiger partial charge in [-0.25, -0.2) is 19.2 Å².